The summed E-state index contributed by atoms with van der Waals surface area (Å²) in [7, 11) is 2.13. The molecule has 0 aliphatic carbocycles. The molecule has 1 aliphatic heterocycles. The number of halogens is 1. The van der Waals surface area contributed by atoms with Crippen LogP contribution in [0.15, 0.2) is 36.8 Å². The Balaban J connectivity index is 1.66. The first-order valence-corrected chi connectivity index (χ1v) is 8.23. The molecule has 1 aliphatic rings. The molecule has 124 valence electrons. The topological polar surface area (TPSA) is 62.1 Å². The second-order valence-electron chi connectivity index (χ2n) is 5.90. The molecule has 0 unspecified atom stereocenters. The predicted molar refractivity (Wildman–Crippen MR) is 94.4 cm³/mol. The molecule has 0 atom stereocenters. The first-order chi connectivity index (χ1) is 11.7. The van der Waals surface area contributed by atoms with Gasteiger partial charge in [0, 0.05) is 31.2 Å². The van der Waals surface area contributed by atoms with E-state index in [1.165, 1.54) is 0 Å². The van der Waals surface area contributed by atoms with Gasteiger partial charge in [-0.05, 0) is 25.2 Å². The third-order valence-corrected chi connectivity index (χ3v) is 4.42. The Bertz CT molecular complexity index is 855. The number of hydrogen-bond acceptors (Lipinski definition) is 6. The molecular formula is C16H18ClN7. The largest absolute Gasteiger partial charge is 0.304 e. The standard InChI is InChI=1S/C16H18ClN7/c1-22-5-7-23(8-6-22)21-15-14-10-20-24(16(14)19-11-18-15)13-4-2-3-12(17)9-13/h2-4,9-11H,5-8H2,1H3,(H,18,19,21). The highest BCUT2D eigenvalue weighted by molar-refractivity contribution is 6.30. The lowest BCUT2D eigenvalue weighted by Gasteiger charge is -2.32. The summed E-state index contributed by atoms with van der Waals surface area (Å²) in [4.78, 5) is 11.1. The Hall–Kier alpha value is -2.22. The van der Waals surface area contributed by atoms with E-state index in [0.717, 1.165) is 48.7 Å². The zero-order valence-electron chi connectivity index (χ0n) is 13.4. The van der Waals surface area contributed by atoms with Crippen molar-refractivity contribution in [3.8, 4) is 5.69 Å². The molecule has 1 aromatic carbocycles. The van der Waals surface area contributed by atoms with Crippen LogP contribution in [0.25, 0.3) is 16.7 Å². The number of aromatic nitrogens is 4. The number of hydrogen-bond donors (Lipinski definition) is 1. The van der Waals surface area contributed by atoms with E-state index in [2.05, 4.69) is 37.4 Å². The van der Waals surface area contributed by atoms with Gasteiger partial charge in [0.15, 0.2) is 11.5 Å². The number of nitrogens with one attached hydrogen (secondary N) is 1. The number of fused-ring (bicyclic) bond motifs is 1. The lowest BCUT2D eigenvalue weighted by Crippen LogP contribution is -2.47. The molecule has 0 amide bonds. The van der Waals surface area contributed by atoms with Crippen LogP contribution < -0.4 is 5.43 Å². The first-order valence-electron chi connectivity index (χ1n) is 7.85. The van der Waals surface area contributed by atoms with Crippen LogP contribution in [0.1, 0.15) is 0 Å². The van der Waals surface area contributed by atoms with Gasteiger partial charge < -0.3 is 10.3 Å². The maximum Gasteiger partial charge on any atom is 0.168 e. The number of likely N-dealkylation sites (N-methyl/N-ethyl adjacent to an activating group) is 1. The van der Waals surface area contributed by atoms with Crippen molar-refractivity contribution in [1.29, 1.82) is 0 Å². The van der Waals surface area contributed by atoms with Crippen LogP contribution in [-0.2, 0) is 0 Å². The predicted octanol–water partition coefficient (Wildman–Crippen LogP) is 2.04. The van der Waals surface area contributed by atoms with Gasteiger partial charge in [0.2, 0.25) is 0 Å². The lowest BCUT2D eigenvalue weighted by molar-refractivity contribution is 0.178. The smallest absolute Gasteiger partial charge is 0.168 e. The fraction of sp³-hybridized carbons (Fsp3) is 0.312. The Morgan fingerprint density at radius 1 is 1.12 bits per heavy atom. The second kappa shape index (κ2) is 6.35. The number of anilines is 1. The number of benzene rings is 1. The van der Waals surface area contributed by atoms with Gasteiger partial charge in [-0.2, -0.15) is 5.10 Å². The van der Waals surface area contributed by atoms with E-state index in [0.29, 0.717) is 5.02 Å². The summed E-state index contributed by atoms with van der Waals surface area (Å²) in [5.74, 6) is 0.776. The van der Waals surface area contributed by atoms with Crippen molar-refractivity contribution in [2.24, 2.45) is 0 Å². The van der Waals surface area contributed by atoms with Gasteiger partial charge in [-0.1, -0.05) is 17.7 Å². The molecule has 1 saturated heterocycles. The van der Waals surface area contributed by atoms with Crippen LogP contribution in [0.3, 0.4) is 0 Å². The van der Waals surface area contributed by atoms with E-state index >= 15 is 0 Å². The summed E-state index contributed by atoms with van der Waals surface area (Å²) in [6.45, 7) is 3.96. The molecule has 3 aromatic rings. The van der Waals surface area contributed by atoms with Crippen molar-refractivity contribution < 1.29 is 0 Å². The van der Waals surface area contributed by atoms with Crippen molar-refractivity contribution in [3.63, 3.8) is 0 Å². The van der Waals surface area contributed by atoms with Gasteiger partial charge >= 0.3 is 0 Å². The summed E-state index contributed by atoms with van der Waals surface area (Å²) < 4.78 is 1.78. The summed E-state index contributed by atoms with van der Waals surface area (Å²) in [5, 5.41) is 8.19. The highest BCUT2D eigenvalue weighted by Gasteiger charge is 2.17. The summed E-state index contributed by atoms with van der Waals surface area (Å²) in [6, 6.07) is 7.56. The molecule has 0 radical (unpaired) electrons. The minimum atomic E-state index is 0.668. The molecule has 24 heavy (non-hydrogen) atoms. The third-order valence-electron chi connectivity index (χ3n) is 4.19. The van der Waals surface area contributed by atoms with Gasteiger partial charge in [-0.3, -0.25) is 0 Å². The fourth-order valence-corrected chi connectivity index (χ4v) is 2.98. The molecule has 0 saturated carbocycles. The molecule has 8 heteroatoms. The average molecular weight is 344 g/mol. The van der Waals surface area contributed by atoms with E-state index < -0.39 is 0 Å². The maximum absolute atomic E-state index is 6.09. The highest BCUT2D eigenvalue weighted by atomic mass is 35.5. The van der Waals surface area contributed by atoms with Crippen molar-refractivity contribution in [2.75, 3.05) is 38.7 Å². The van der Waals surface area contributed by atoms with Crippen LogP contribution in [0.2, 0.25) is 5.02 Å². The van der Waals surface area contributed by atoms with Crippen LogP contribution in [0, 0.1) is 0 Å². The Morgan fingerprint density at radius 2 is 1.96 bits per heavy atom. The molecule has 7 nitrogen and oxygen atoms in total. The maximum atomic E-state index is 6.09. The minimum absolute atomic E-state index is 0.668. The molecular weight excluding hydrogens is 326 g/mol. The minimum Gasteiger partial charge on any atom is -0.304 e. The van der Waals surface area contributed by atoms with Crippen LogP contribution >= 0.6 is 11.6 Å². The monoisotopic (exact) mass is 343 g/mol. The number of nitrogens with zero attached hydrogens (tertiary/aromatic N) is 6. The van der Waals surface area contributed by atoms with Crippen LogP contribution in [0.4, 0.5) is 5.82 Å². The zero-order chi connectivity index (χ0) is 16.5. The molecule has 1 fully saturated rings. The van der Waals surface area contributed by atoms with Gasteiger partial charge in [-0.15, -0.1) is 0 Å². The molecule has 0 bridgehead atoms. The van der Waals surface area contributed by atoms with E-state index in [1.54, 1.807) is 17.2 Å². The Kier molecular flexibility index (Phi) is 4.05. The summed E-state index contributed by atoms with van der Waals surface area (Å²) in [6.07, 6.45) is 3.35. The SMILES string of the molecule is CN1CCN(Nc2ncnc3c2cnn3-c2cccc(Cl)c2)CC1. The quantitative estimate of drug-likeness (QED) is 0.785. The zero-order valence-corrected chi connectivity index (χ0v) is 14.1. The summed E-state index contributed by atoms with van der Waals surface area (Å²) in [5.41, 5.74) is 5.03. The van der Waals surface area contributed by atoms with Gasteiger partial charge in [0.05, 0.1) is 17.3 Å². The number of hydrazine groups is 1. The van der Waals surface area contributed by atoms with E-state index in [9.17, 15) is 0 Å². The first kappa shape index (κ1) is 15.3. The van der Waals surface area contributed by atoms with Crippen LogP contribution in [-0.4, -0.2) is 62.9 Å². The van der Waals surface area contributed by atoms with Gasteiger partial charge in [0.25, 0.3) is 0 Å². The lowest BCUT2D eigenvalue weighted by atomic mass is 10.3. The second-order valence-corrected chi connectivity index (χ2v) is 6.33. The van der Waals surface area contributed by atoms with Crippen molar-refractivity contribution in [3.05, 3.63) is 41.8 Å². The van der Waals surface area contributed by atoms with Crippen LogP contribution in [0.5, 0.6) is 0 Å². The highest BCUT2D eigenvalue weighted by Crippen LogP contribution is 2.23. The van der Waals surface area contributed by atoms with E-state index in [-0.39, 0.29) is 0 Å². The fourth-order valence-electron chi connectivity index (χ4n) is 2.80. The van der Waals surface area contributed by atoms with E-state index in [4.69, 9.17) is 11.6 Å². The van der Waals surface area contributed by atoms with Gasteiger partial charge in [-0.25, -0.2) is 19.7 Å². The normalized spacial score (nSPS) is 16.6. The van der Waals surface area contributed by atoms with Gasteiger partial charge in [0.1, 0.15) is 6.33 Å². The number of piperazine rings is 1. The summed E-state index contributed by atoms with van der Waals surface area (Å²) >= 11 is 6.09. The van der Waals surface area contributed by atoms with Crippen molar-refractivity contribution >= 4 is 28.5 Å². The third kappa shape index (κ3) is 2.93. The molecule has 1 N–H and O–H groups in total. The van der Waals surface area contributed by atoms with E-state index in [1.807, 2.05) is 24.3 Å². The number of rotatable bonds is 3. The average Bonchev–Trinajstić information content (AvgIpc) is 3.02. The molecule has 3 heterocycles. The molecule has 2 aromatic heterocycles. The Morgan fingerprint density at radius 3 is 2.75 bits per heavy atom. The molecule has 4 rings (SSSR count). The molecule has 0 spiro atoms. The Labute approximate surface area is 144 Å². The van der Waals surface area contributed by atoms with Crippen molar-refractivity contribution in [1.82, 2.24) is 29.7 Å². The van der Waals surface area contributed by atoms with Crippen molar-refractivity contribution in [2.45, 2.75) is 0 Å².